The van der Waals surface area contributed by atoms with Crippen molar-refractivity contribution in [1.29, 1.82) is 10.5 Å². The van der Waals surface area contributed by atoms with Gasteiger partial charge in [0.1, 0.15) is 5.00 Å². The maximum absolute atomic E-state index is 9.98. The Balaban J connectivity index is 1.95. The van der Waals surface area contributed by atoms with E-state index in [1.54, 1.807) is 11.3 Å². The van der Waals surface area contributed by atoms with Crippen LogP contribution in [0.15, 0.2) is 35.3 Å². The molecule has 2 N–H and O–H groups in total. The Morgan fingerprint density at radius 3 is 2.42 bits per heavy atom. The van der Waals surface area contributed by atoms with E-state index in [4.69, 9.17) is 10.7 Å². The van der Waals surface area contributed by atoms with Crippen molar-refractivity contribution in [2.45, 2.75) is 44.6 Å². The minimum absolute atomic E-state index is 0.484. The highest BCUT2D eigenvalue weighted by molar-refractivity contribution is 7.16. The summed E-state index contributed by atoms with van der Waals surface area (Å²) in [7, 11) is 0. The summed E-state index contributed by atoms with van der Waals surface area (Å²) in [6.45, 7) is 0. The first-order valence-corrected chi connectivity index (χ1v) is 9.90. The average Bonchev–Trinajstić information content (AvgIpc) is 2.99. The van der Waals surface area contributed by atoms with E-state index in [0.29, 0.717) is 5.71 Å². The van der Waals surface area contributed by atoms with Crippen LogP contribution in [0.25, 0.3) is 0 Å². The van der Waals surface area contributed by atoms with Crippen LogP contribution in [0.1, 0.15) is 53.3 Å². The van der Waals surface area contributed by atoms with Gasteiger partial charge in [-0.2, -0.15) is 10.5 Å². The summed E-state index contributed by atoms with van der Waals surface area (Å²) in [6.07, 6.45) is 6.80. The number of benzene rings is 1. The van der Waals surface area contributed by atoms with Crippen molar-refractivity contribution in [3.63, 3.8) is 0 Å². The van der Waals surface area contributed by atoms with Crippen molar-refractivity contribution >= 4 is 22.0 Å². The second kappa shape index (κ2) is 6.68. The van der Waals surface area contributed by atoms with Crippen LogP contribution in [0.4, 0.5) is 5.00 Å². The number of hydrogen-bond acceptors (Lipinski definition) is 5. The number of hydrogen-bond donors (Lipinski definition) is 1. The highest BCUT2D eigenvalue weighted by Gasteiger charge is 2.49. The second-order valence-electron chi connectivity index (χ2n) is 6.97. The smallest absolute Gasteiger partial charge is 0.205 e. The van der Waals surface area contributed by atoms with Gasteiger partial charge in [-0.15, -0.1) is 11.3 Å². The van der Waals surface area contributed by atoms with Crippen LogP contribution in [-0.2, 0) is 12.8 Å². The fourth-order valence-electron chi connectivity index (χ4n) is 4.04. The van der Waals surface area contributed by atoms with Gasteiger partial charge in [-0.3, -0.25) is 0 Å². The lowest BCUT2D eigenvalue weighted by Crippen LogP contribution is -2.42. The SMILES string of the molecule is N#CC1(C#N)C(c2ccccc2)=Nc2sc3c(c2C1N)CCCCCC3. The predicted octanol–water partition coefficient (Wildman–Crippen LogP) is 4.57. The fourth-order valence-corrected chi connectivity index (χ4v) is 5.36. The van der Waals surface area contributed by atoms with Gasteiger partial charge in [-0.25, -0.2) is 4.99 Å². The first kappa shape index (κ1) is 17.0. The van der Waals surface area contributed by atoms with Crippen molar-refractivity contribution in [3.05, 3.63) is 51.9 Å². The van der Waals surface area contributed by atoms with Crippen molar-refractivity contribution in [3.8, 4) is 12.1 Å². The van der Waals surface area contributed by atoms with Gasteiger partial charge in [0.05, 0.1) is 23.9 Å². The van der Waals surface area contributed by atoms with E-state index in [-0.39, 0.29) is 0 Å². The first-order valence-electron chi connectivity index (χ1n) is 9.08. The van der Waals surface area contributed by atoms with E-state index in [1.165, 1.54) is 29.7 Å². The molecule has 1 unspecified atom stereocenters. The molecule has 1 aliphatic heterocycles. The molecular weight excluding hydrogens is 340 g/mol. The average molecular weight is 360 g/mol. The molecule has 5 heteroatoms. The van der Waals surface area contributed by atoms with E-state index >= 15 is 0 Å². The van der Waals surface area contributed by atoms with Crippen LogP contribution in [0.5, 0.6) is 0 Å². The molecule has 1 aromatic carbocycles. The molecule has 0 saturated heterocycles. The molecule has 4 nitrogen and oxygen atoms in total. The van der Waals surface area contributed by atoms with Crippen LogP contribution >= 0.6 is 11.3 Å². The minimum Gasteiger partial charge on any atom is -0.321 e. The number of rotatable bonds is 1. The van der Waals surface area contributed by atoms with Gasteiger partial charge in [-0.05, 0) is 36.8 Å². The molecule has 0 amide bonds. The normalized spacial score (nSPS) is 21.2. The number of fused-ring (bicyclic) bond motifs is 3. The summed E-state index contributed by atoms with van der Waals surface area (Å²) in [5, 5.41) is 20.9. The van der Waals surface area contributed by atoms with Crippen LogP contribution in [-0.4, -0.2) is 5.71 Å². The monoisotopic (exact) mass is 360 g/mol. The number of nitriles is 2. The van der Waals surface area contributed by atoms with Crippen molar-refractivity contribution < 1.29 is 0 Å². The molecule has 2 heterocycles. The second-order valence-corrected chi connectivity index (χ2v) is 8.06. The van der Waals surface area contributed by atoms with E-state index in [1.807, 2.05) is 30.3 Å². The molecule has 0 fully saturated rings. The Kier molecular flexibility index (Phi) is 4.36. The standard InChI is InChI=1S/C21H20N4S/c22-12-21(13-23)18(24)17-15-10-6-1-2-7-11-16(15)26-20(17)25-19(21)14-8-4-3-5-9-14/h3-5,8-9,18H,1-2,6-7,10-11,24H2. The highest BCUT2D eigenvalue weighted by atomic mass is 32.1. The molecule has 0 saturated carbocycles. The third-order valence-corrected chi connectivity index (χ3v) is 6.66. The largest absolute Gasteiger partial charge is 0.321 e. The third kappa shape index (κ3) is 2.48. The molecule has 1 aromatic heterocycles. The molecule has 26 heavy (non-hydrogen) atoms. The van der Waals surface area contributed by atoms with Gasteiger partial charge in [-0.1, -0.05) is 43.2 Å². The zero-order valence-electron chi connectivity index (χ0n) is 14.5. The number of aryl methyl sites for hydroxylation is 1. The summed E-state index contributed by atoms with van der Waals surface area (Å²) in [6, 6.07) is 13.3. The van der Waals surface area contributed by atoms with Crippen LogP contribution < -0.4 is 5.73 Å². The first-order chi connectivity index (χ1) is 12.7. The number of aliphatic imine (C=N–C) groups is 1. The molecule has 0 spiro atoms. The molecule has 2 aromatic rings. The summed E-state index contributed by atoms with van der Waals surface area (Å²) in [5.41, 5.74) is 8.63. The van der Waals surface area contributed by atoms with E-state index < -0.39 is 11.5 Å². The van der Waals surface area contributed by atoms with E-state index in [2.05, 4.69) is 12.1 Å². The van der Waals surface area contributed by atoms with Crippen molar-refractivity contribution in [2.75, 3.05) is 0 Å². The highest BCUT2D eigenvalue weighted by Crippen LogP contribution is 2.51. The summed E-state index contributed by atoms with van der Waals surface area (Å²) >= 11 is 1.70. The summed E-state index contributed by atoms with van der Waals surface area (Å²) < 4.78 is 0. The van der Waals surface area contributed by atoms with Gasteiger partial charge in [0.2, 0.25) is 5.41 Å². The predicted molar refractivity (Wildman–Crippen MR) is 103 cm³/mol. The molecule has 0 radical (unpaired) electrons. The van der Waals surface area contributed by atoms with Gasteiger partial charge < -0.3 is 5.73 Å². The minimum atomic E-state index is -1.45. The Morgan fingerprint density at radius 1 is 1.04 bits per heavy atom. The summed E-state index contributed by atoms with van der Waals surface area (Å²) in [5.74, 6) is 0. The molecule has 0 bridgehead atoms. The molecule has 1 atom stereocenters. The Labute approximate surface area is 157 Å². The molecular formula is C21H20N4S. The van der Waals surface area contributed by atoms with Gasteiger partial charge in [0, 0.05) is 10.4 Å². The van der Waals surface area contributed by atoms with Crippen LogP contribution in [0.3, 0.4) is 0 Å². The Bertz CT molecular complexity index is 929. The third-order valence-electron chi connectivity index (χ3n) is 5.46. The number of nitrogens with two attached hydrogens (primary N) is 1. The van der Waals surface area contributed by atoms with E-state index in [9.17, 15) is 10.5 Å². The lowest BCUT2D eigenvalue weighted by molar-refractivity contribution is 0.534. The zero-order chi connectivity index (χ0) is 18.1. The Morgan fingerprint density at radius 2 is 1.73 bits per heavy atom. The summed E-state index contributed by atoms with van der Waals surface area (Å²) in [4.78, 5) is 6.18. The quantitative estimate of drug-likeness (QED) is 0.808. The number of thiophene rings is 1. The van der Waals surface area contributed by atoms with Crippen LogP contribution in [0, 0.1) is 28.1 Å². The lowest BCUT2D eigenvalue weighted by Gasteiger charge is -2.32. The van der Waals surface area contributed by atoms with Crippen molar-refractivity contribution in [1.82, 2.24) is 0 Å². The maximum atomic E-state index is 9.98. The van der Waals surface area contributed by atoms with E-state index in [0.717, 1.165) is 35.4 Å². The van der Waals surface area contributed by atoms with Crippen LogP contribution in [0.2, 0.25) is 0 Å². The topological polar surface area (TPSA) is 86.0 Å². The zero-order valence-corrected chi connectivity index (χ0v) is 15.4. The van der Waals surface area contributed by atoms with Gasteiger partial charge >= 0.3 is 0 Å². The van der Waals surface area contributed by atoms with Gasteiger partial charge in [0.15, 0.2) is 0 Å². The Hall–Kier alpha value is -2.47. The molecule has 4 rings (SSSR count). The molecule has 2 aliphatic rings. The fraction of sp³-hybridized carbons (Fsp3) is 0.381. The number of nitrogens with zero attached hydrogens (tertiary/aromatic N) is 3. The van der Waals surface area contributed by atoms with Gasteiger partial charge in [0.25, 0.3) is 0 Å². The lowest BCUT2D eigenvalue weighted by atomic mass is 9.71. The molecule has 1 aliphatic carbocycles. The maximum Gasteiger partial charge on any atom is 0.205 e. The molecule has 130 valence electrons. The van der Waals surface area contributed by atoms with Crippen molar-refractivity contribution in [2.24, 2.45) is 16.1 Å².